The van der Waals surface area contributed by atoms with Crippen molar-refractivity contribution in [3.8, 4) is 0 Å². The van der Waals surface area contributed by atoms with E-state index in [1.54, 1.807) is 0 Å². The van der Waals surface area contributed by atoms with Crippen molar-refractivity contribution in [2.75, 3.05) is 37.6 Å². The van der Waals surface area contributed by atoms with Gasteiger partial charge in [0, 0.05) is 45.1 Å². The summed E-state index contributed by atoms with van der Waals surface area (Å²) in [6, 6.07) is 10.1. The Bertz CT molecular complexity index is 562. The Kier molecular flexibility index (Phi) is 5.35. The zero-order chi connectivity index (χ0) is 15.2. The lowest BCUT2D eigenvalue weighted by Crippen LogP contribution is -2.46. The second-order valence-corrected chi connectivity index (χ2v) is 6.16. The fraction of sp³-hybridized carbons (Fsp3) is 0.471. The predicted octanol–water partition coefficient (Wildman–Crippen LogP) is 3.14. The number of halogens is 1. The van der Waals surface area contributed by atoms with Gasteiger partial charge in [-0.2, -0.15) is 5.10 Å². The van der Waals surface area contributed by atoms with E-state index in [1.807, 2.05) is 35.3 Å². The van der Waals surface area contributed by atoms with Crippen molar-refractivity contribution in [1.29, 1.82) is 0 Å². The first-order valence-corrected chi connectivity index (χ1v) is 8.40. The van der Waals surface area contributed by atoms with Crippen LogP contribution in [0.3, 0.4) is 0 Å². The van der Waals surface area contributed by atoms with E-state index < -0.39 is 0 Å². The van der Waals surface area contributed by atoms with Crippen LogP contribution in [0.2, 0.25) is 5.02 Å². The van der Waals surface area contributed by atoms with Crippen LogP contribution in [0, 0.1) is 0 Å². The molecule has 0 bridgehead atoms. The molecule has 4 nitrogen and oxygen atoms in total. The summed E-state index contributed by atoms with van der Waals surface area (Å²) < 4.78 is 2.01. The minimum atomic E-state index is 0.857. The average molecular weight is 319 g/mol. The van der Waals surface area contributed by atoms with Crippen LogP contribution >= 0.6 is 11.6 Å². The summed E-state index contributed by atoms with van der Waals surface area (Å²) in [5.74, 6) is 0. The molecular formula is C17H23ClN4. The second-order valence-electron chi connectivity index (χ2n) is 5.76. The van der Waals surface area contributed by atoms with E-state index in [0.29, 0.717) is 0 Å². The molecule has 3 rings (SSSR count). The van der Waals surface area contributed by atoms with Crippen LogP contribution in [0.15, 0.2) is 42.7 Å². The molecule has 0 radical (unpaired) electrons. The molecule has 1 aliphatic rings. The minimum absolute atomic E-state index is 0.857. The molecule has 0 atom stereocenters. The largest absolute Gasteiger partial charge is 0.368 e. The number of unbranched alkanes of at least 4 members (excludes halogenated alkanes) is 1. The Labute approximate surface area is 137 Å². The summed E-state index contributed by atoms with van der Waals surface area (Å²) >= 11 is 6.28. The number of hydrogen-bond acceptors (Lipinski definition) is 3. The van der Waals surface area contributed by atoms with Crippen LogP contribution in [0.4, 0.5) is 5.69 Å². The van der Waals surface area contributed by atoms with Crippen molar-refractivity contribution < 1.29 is 0 Å². The molecule has 0 aliphatic carbocycles. The van der Waals surface area contributed by atoms with Gasteiger partial charge in [0.25, 0.3) is 0 Å². The molecule has 0 N–H and O–H groups in total. The molecule has 1 aliphatic heterocycles. The summed E-state index contributed by atoms with van der Waals surface area (Å²) in [5, 5.41) is 5.09. The summed E-state index contributed by atoms with van der Waals surface area (Å²) in [6.45, 7) is 6.55. The van der Waals surface area contributed by atoms with Crippen LogP contribution < -0.4 is 4.90 Å². The zero-order valence-corrected chi connectivity index (χ0v) is 13.6. The molecule has 1 fully saturated rings. The first-order valence-electron chi connectivity index (χ1n) is 8.02. The number of rotatable bonds is 6. The van der Waals surface area contributed by atoms with Gasteiger partial charge in [0.15, 0.2) is 0 Å². The van der Waals surface area contributed by atoms with Crippen LogP contribution in [0.1, 0.15) is 12.8 Å². The number of hydrogen-bond donors (Lipinski definition) is 0. The fourth-order valence-electron chi connectivity index (χ4n) is 2.96. The molecule has 118 valence electrons. The van der Waals surface area contributed by atoms with Gasteiger partial charge in [-0.1, -0.05) is 23.7 Å². The number of para-hydroxylation sites is 1. The lowest BCUT2D eigenvalue weighted by Gasteiger charge is -2.36. The molecule has 0 amide bonds. The highest BCUT2D eigenvalue weighted by Gasteiger charge is 2.18. The van der Waals surface area contributed by atoms with Crippen LogP contribution in [0.5, 0.6) is 0 Å². The van der Waals surface area contributed by atoms with Gasteiger partial charge in [-0.3, -0.25) is 9.58 Å². The van der Waals surface area contributed by atoms with Gasteiger partial charge in [-0.05, 0) is 37.6 Å². The van der Waals surface area contributed by atoms with Crippen molar-refractivity contribution in [3.63, 3.8) is 0 Å². The Morgan fingerprint density at radius 3 is 2.45 bits per heavy atom. The van der Waals surface area contributed by atoms with Crippen molar-refractivity contribution in [2.24, 2.45) is 0 Å². The lowest BCUT2D eigenvalue weighted by molar-refractivity contribution is 0.251. The van der Waals surface area contributed by atoms with Gasteiger partial charge in [0.05, 0.1) is 10.7 Å². The molecule has 1 aromatic carbocycles. The molecule has 1 saturated heterocycles. The van der Waals surface area contributed by atoms with E-state index >= 15 is 0 Å². The number of aryl methyl sites for hydroxylation is 1. The summed E-state index contributed by atoms with van der Waals surface area (Å²) in [5.41, 5.74) is 1.17. The van der Waals surface area contributed by atoms with Gasteiger partial charge in [-0.25, -0.2) is 0 Å². The smallest absolute Gasteiger partial charge is 0.0639 e. The molecule has 0 saturated carbocycles. The van der Waals surface area contributed by atoms with Crippen LogP contribution in [-0.4, -0.2) is 47.4 Å². The number of aromatic nitrogens is 2. The van der Waals surface area contributed by atoms with Gasteiger partial charge in [0.2, 0.25) is 0 Å². The van der Waals surface area contributed by atoms with Crippen molar-refractivity contribution >= 4 is 17.3 Å². The average Bonchev–Trinajstić information content (AvgIpc) is 3.06. The highest BCUT2D eigenvalue weighted by molar-refractivity contribution is 6.33. The summed E-state index contributed by atoms with van der Waals surface area (Å²) in [7, 11) is 0. The van der Waals surface area contributed by atoms with E-state index in [1.165, 1.54) is 25.1 Å². The van der Waals surface area contributed by atoms with Crippen LogP contribution in [-0.2, 0) is 6.54 Å². The molecule has 5 heteroatoms. The summed E-state index contributed by atoms with van der Waals surface area (Å²) in [6.07, 6.45) is 6.29. The maximum absolute atomic E-state index is 6.28. The molecule has 1 aromatic heterocycles. The molecule has 22 heavy (non-hydrogen) atoms. The second kappa shape index (κ2) is 7.65. The molecule has 0 spiro atoms. The van der Waals surface area contributed by atoms with E-state index in [4.69, 9.17) is 11.6 Å². The normalized spacial score (nSPS) is 16.1. The maximum atomic E-state index is 6.28. The molecule has 0 unspecified atom stereocenters. The summed E-state index contributed by atoms with van der Waals surface area (Å²) in [4.78, 5) is 4.94. The van der Waals surface area contributed by atoms with Gasteiger partial charge >= 0.3 is 0 Å². The third-order valence-corrected chi connectivity index (χ3v) is 4.56. The number of piperazine rings is 1. The lowest BCUT2D eigenvalue weighted by atomic mass is 10.2. The van der Waals surface area contributed by atoms with Crippen LogP contribution in [0.25, 0.3) is 0 Å². The fourth-order valence-corrected chi connectivity index (χ4v) is 3.22. The van der Waals surface area contributed by atoms with Crippen molar-refractivity contribution in [2.45, 2.75) is 19.4 Å². The third-order valence-electron chi connectivity index (χ3n) is 4.24. The maximum Gasteiger partial charge on any atom is 0.0639 e. The zero-order valence-electron chi connectivity index (χ0n) is 12.9. The Balaban J connectivity index is 1.38. The monoisotopic (exact) mass is 318 g/mol. The SMILES string of the molecule is Clc1ccccc1N1CCN(CCCCn2cccn2)CC1. The third kappa shape index (κ3) is 4.02. The Hall–Kier alpha value is -1.52. The number of nitrogens with zero attached hydrogens (tertiary/aromatic N) is 4. The van der Waals surface area contributed by atoms with E-state index in [0.717, 1.165) is 37.7 Å². The number of anilines is 1. The van der Waals surface area contributed by atoms with Crippen molar-refractivity contribution in [3.05, 3.63) is 47.7 Å². The number of benzene rings is 1. The van der Waals surface area contributed by atoms with E-state index in [-0.39, 0.29) is 0 Å². The molecular weight excluding hydrogens is 296 g/mol. The molecule has 2 heterocycles. The minimum Gasteiger partial charge on any atom is -0.368 e. The van der Waals surface area contributed by atoms with Gasteiger partial charge < -0.3 is 4.90 Å². The Morgan fingerprint density at radius 1 is 0.955 bits per heavy atom. The molecule has 2 aromatic rings. The van der Waals surface area contributed by atoms with Gasteiger partial charge in [-0.15, -0.1) is 0 Å². The van der Waals surface area contributed by atoms with E-state index in [2.05, 4.69) is 27.0 Å². The predicted molar refractivity (Wildman–Crippen MR) is 91.6 cm³/mol. The quantitative estimate of drug-likeness (QED) is 0.765. The highest BCUT2D eigenvalue weighted by Crippen LogP contribution is 2.25. The first-order chi connectivity index (χ1) is 10.8. The first kappa shape index (κ1) is 15.4. The standard InChI is InChI=1S/C17H23ClN4/c18-16-6-1-2-7-17(16)21-14-12-20(13-15-21)9-3-4-10-22-11-5-8-19-22/h1-2,5-8,11H,3-4,9-10,12-15H2. The topological polar surface area (TPSA) is 24.3 Å². The highest BCUT2D eigenvalue weighted by atomic mass is 35.5. The Morgan fingerprint density at radius 2 is 1.73 bits per heavy atom. The van der Waals surface area contributed by atoms with Crippen molar-refractivity contribution in [1.82, 2.24) is 14.7 Å². The van der Waals surface area contributed by atoms with Gasteiger partial charge in [0.1, 0.15) is 0 Å². The van der Waals surface area contributed by atoms with E-state index in [9.17, 15) is 0 Å².